The van der Waals surface area contributed by atoms with E-state index in [-0.39, 0.29) is 5.82 Å². The van der Waals surface area contributed by atoms with Crippen molar-refractivity contribution in [3.05, 3.63) is 35.6 Å². The van der Waals surface area contributed by atoms with Gasteiger partial charge in [0.2, 0.25) is 0 Å². The lowest BCUT2D eigenvalue weighted by atomic mass is 10.1. The molecule has 86 valence electrons. The van der Waals surface area contributed by atoms with Crippen LogP contribution in [0.5, 0.6) is 0 Å². The van der Waals surface area contributed by atoms with Crippen molar-refractivity contribution in [3.8, 4) is 0 Å². The van der Waals surface area contributed by atoms with E-state index in [1.165, 1.54) is 12.1 Å². The summed E-state index contributed by atoms with van der Waals surface area (Å²) < 4.78 is 12.8. The van der Waals surface area contributed by atoms with Crippen LogP contribution in [0.2, 0.25) is 0 Å². The Morgan fingerprint density at radius 1 is 1.25 bits per heavy atom. The monoisotopic (exact) mass is 223 g/mol. The number of benzene rings is 1. The van der Waals surface area contributed by atoms with Crippen LogP contribution in [-0.2, 0) is 4.79 Å². The van der Waals surface area contributed by atoms with Crippen LogP contribution in [0.25, 0.3) is 0 Å². The van der Waals surface area contributed by atoms with Gasteiger partial charge in [0.05, 0.1) is 0 Å². The molecule has 0 bridgehead atoms. The zero-order valence-corrected chi connectivity index (χ0v) is 8.90. The fourth-order valence-electron chi connectivity index (χ4n) is 2.15. The molecular formula is C12H14FNO2. The smallest absolute Gasteiger partial charge is 0.325 e. The summed E-state index contributed by atoms with van der Waals surface area (Å²) in [5, 5.41) is 9.22. The molecule has 1 aliphatic rings. The van der Waals surface area contributed by atoms with Crippen LogP contribution in [0.1, 0.15) is 24.4 Å². The first-order valence-electron chi connectivity index (χ1n) is 5.41. The first-order chi connectivity index (χ1) is 7.68. The Kier molecular flexibility index (Phi) is 3.19. The quantitative estimate of drug-likeness (QED) is 0.852. The second-order valence-electron chi connectivity index (χ2n) is 4.04. The molecule has 0 radical (unpaired) electrons. The van der Waals surface area contributed by atoms with Gasteiger partial charge in [-0.05, 0) is 43.6 Å². The molecule has 1 atom stereocenters. The fraction of sp³-hybridized carbons (Fsp3) is 0.417. The Morgan fingerprint density at radius 2 is 1.81 bits per heavy atom. The van der Waals surface area contributed by atoms with E-state index in [1.54, 1.807) is 12.1 Å². The molecule has 4 heteroatoms. The molecule has 3 nitrogen and oxygen atoms in total. The van der Waals surface area contributed by atoms with Gasteiger partial charge < -0.3 is 5.11 Å². The lowest BCUT2D eigenvalue weighted by Gasteiger charge is -2.23. The van der Waals surface area contributed by atoms with Crippen LogP contribution in [0.3, 0.4) is 0 Å². The van der Waals surface area contributed by atoms with Crippen molar-refractivity contribution in [1.82, 2.24) is 4.90 Å². The molecule has 1 fully saturated rings. The van der Waals surface area contributed by atoms with Gasteiger partial charge in [0.15, 0.2) is 0 Å². The summed E-state index contributed by atoms with van der Waals surface area (Å²) in [5.41, 5.74) is 0.649. The Labute approximate surface area is 93.5 Å². The molecule has 1 aromatic rings. The molecule has 0 spiro atoms. The lowest BCUT2D eigenvalue weighted by molar-refractivity contribution is -0.143. The van der Waals surface area contributed by atoms with Crippen LogP contribution in [0.15, 0.2) is 24.3 Å². The van der Waals surface area contributed by atoms with E-state index in [2.05, 4.69) is 0 Å². The third kappa shape index (κ3) is 2.22. The van der Waals surface area contributed by atoms with Crippen molar-refractivity contribution in [2.45, 2.75) is 18.9 Å². The zero-order chi connectivity index (χ0) is 11.5. The number of aliphatic carboxylic acids is 1. The average Bonchev–Trinajstić information content (AvgIpc) is 2.74. The summed E-state index contributed by atoms with van der Waals surface area (Å²) in [6, 6.07) is 5.07. The van der Waals surface area contributed by atoms with Crippen molar-refractivity contribution in [2.75, 3.05) is 13.1 Å². The lowest BCUT2D eigenvalue weighted by Crippen LogP contribution is -2.31. The highest BCUT2D eigenvalue weighted by Gasteiger charge is 2.29. The van der Waals surface area contributed by atoms with Gasteiger partial charge >= 0.3 is 5.97 Å². The van der Waals surface area contributed by atoms with Gasteiger partial charge in [-0.1, -0.05) is 12.1 Å². The van der Waals surface area contributed by atoms with E-state index in [9.17, 15) is 14.3 Å². The maximum atomic E-state index is 12.8. The van der Waals surface area contributed by atoms with Gasteiger partial charge in [-0.2, -0.15) is 0 Å². The highest BCUT2D eigenvalue weighted by molar-refractivity contribution is 5.75. The zero-order valence-electron chi connectivity index (χ0n) is 8.90. The standard InChI is InChI=1S/C12H14FNO2/c13-10-5-3-9(4-6-10)11(12(15)16)14-7-1-2-8-14/h3-6,11H,1-2,7-8H2,(H,15,16)/t11-/m1/s1. The molecule has 0 unspecified atom stereocenters. The minimum absolute atomic E-state index is 0.339. The van der Waals surface area contributed by atoms with Crippen molar-refractivity contribution >= 4 is 5.97 Å². The van der Waals surface area contributed by atoms with E-state index in [0.29, 0.717) is 5.56 Å². The molecule has 0 saturated carbocycles. The largest absolute Gasteiger partial charge is 0.480 e. The van der Waals surface area contributed by atoms with Gasteiger partial charge in [-0.15, -0.1) is 0 Å². The number of hydrogen-bond donors (Lipinski definition) is 1. The average molecular weight is 223 g/mol. The molecule has 1 aromatic carbocycles. The van der Waals surface area contributed by atoms with Crippen LogP contribution in [0, 0.1) is 5.82 Å². The Balaban J connectivity index is 2.24. The van der Waals surface area contributed by atoms with Gasteiger partial charge in [0.25, 0.3) is 0 Å². The molecule has 1 saturated heterocycles. The highest BCUT2D eigenvalue weighted by Crippen LogP contribution is 2.25. The second-order valence-corrected chi connectivity index (χ2v) is 4.04. The van der Waals surface area contributed by atoms with Crippen LogP contribution in [0.4, 0.5) is 4.39 Å². The van der Waals surface area contributed by atoms with Crippen molar-refractivity contribution in [3.63, 3.8) is 0 Å². The molecule has 16 heavy (non-hydrogen) atoms. The summed E-state index contributed by atoms with van der Waals surface area (Å²) in [4.78, 5) is 13.2. The minimum Gasteiger partial charge on any atom is -0.480 e. The number of carbonyl (C=O) groups is 1. The molecule has 1 aliphatic heterocycles. The predicted molar refractivity (Wildman–Crippen MR) is 57.6 cm³/mol. The van der Waals surface area contributed by atoms with Gasteiger partial charge in [0.1, 0.15) is 11.9 Å². The van der Waals surface area contributed by atoms with Crippen molar-refractivity contribution in [1.29, 1.82) is 0 Å². The number of halogens is 1. The summed E-state index contributed by atoms with van der Waals surface area (Å²) >= 11 is 0. The molecular weight excluding hydrogens is 209 g/mol. The number of carboxylic acid groups (broad SMARTS) is 1. The van der Waals surface area contributed by atoms with Gasteiger partial charge in [-0.25, -0.2) is 4.39 Å². The summed E-state index contributed by atoms with van der Waals surface area (Å²) in [6.45, 7) is 1.60. The third-order valence-corrected chi connectivity index (χ3v) is 2.93. The first-order valence-corrected chi connectivity index (χ1v) is 5.41. The maximum Gasteiger partial charge on any atom is 0.325 e. The number of carboxylic acids is 1. The molecule has 1 heterocycles. The SMILES string of the molecule is O=C(O)[C@@H](c1ccc(F)cc1)N1CCCC1. The Morgan fingerprint density at radius 3 is 2.31 bits per heavy atom. The number of nitrogens with zero attached hydrogens (tertiary/aromatic N) is 1. The van der Waals surface area contributed by atoms with E-state index in [1.807, 2.05) is 4.90 Å². The molecule has 0 aromatic heterocycles. The summed E-state index contributed by atoms with van der Waals surface area (Å²) in [5.74, 6) is -1.21. The fourth-order valence-corrected chi connectivity index (χ4v) is 2.15. The van der Waals surface area contributed by atoms with E-state index < -0.39 is 12.0 Å². The van der Waals surface area contributed by atoms with Crippen LogP contribution >= 0.6 is 0 Å². The van der Waals surface area contributed by atoms with Crippen LogP contribution < -0.4 is 0 Å². The number of hydrogen-bond acceptors (Lipinski definition) is 2. The third-order valence-electron chi connectivity index (χ3n) is 2.93. The molecule has 2 rings (SSSR count). The topological polar surface area (TPSA) is 40.5 Å². The van der Waals surface area contributed by atoms with Crippen molar-refractivity contribution < 1.29 is 14.3 Å². The summed E-state index contributed by atoms with van der Waals surface area (Å²) in [7, 11) is 0. The summed E-state index contributed by atoms with van der Waals surface area (Å²) in [6.07, 6.45) is 2.07. The van der Waals surface area contributed by atoms with E-state index >= 15 is 0 Å². The first kappa shape index (κ1) is 11.1. The molecule has 0 aliphatic carbocycles. The number of likely N-dealkylation sites (tertiary alicyclic amines) is 1. The van der Waals surface area contributed by atoms with E-state index in [4.69, 9.17) is 0 Å². The minimum atomic E-state index is -0.867. The predicted octanol–water partition coefficient (Wildman–Crippen LogP) is 2.05. The molecule has 0 amide bonds. The van der Waals surface area contributed by atoms with Gasteiger partial charge in [-0.3, -0.25) is 9.69 Å². The number of rotatable bonds is 3. The Hall–Kier alpha value is -1.42. The highest BCUT2D eigenvalue weighted by atomic mass is 19.1. The van der Waals surface area contributed by atoms with E-state index in [0.717, 1.165) is 25.9 Å². The van der Waals surface area contributed by atoms with Crippen LogP contribution in [-0.4, -0.2) is 29.1 Å². The van der Waals surface area contributed by atoms with Gasteiger partial charge in [0, 0.05) is 0 Å². The second kappa shape index (κ2) is 4.61. The Bertz CT molecular complexity index is 371. The van der Waals surface area contributed by atoms with Crippen molar-refractivity contribution in [2.24, 2.45) is 0 Å². The maximum absolute atomic E-state index is 12.8. The normalized spacial score (nSPS) is 18.6. The molecule has 1 N–H and O–H groups in total.